The number of carbonyl (C=O) groups is 1. The Labute approximate surface area is 101 Å². The van der Waals surface area contributed by atoms with Gasteiger partial charge >= 0.3 is 0 Å². The number of carbonyl (C=O) groups excluding carboxylic acids is 1. The monoisotopic (exact) mass is 238 g/mol. The third-order valence-corrected chi connectivity index (χ3v) is 2.43. The molecule has 0 aliphatic heterocycles. The number of benzene rings is 1. The van der Waals surface area contributed by atoms with Gasteiger partial charge in [0.2, 0.25) is 0 Å². The Morgan fingerprint density at radius 2 is 1.82 bits per heavy atom. The molecule has 4 nitrogen and oxygen atoms in total. The molecule has 0 aromatic heterocycles. The van der Waals surface area contributed by atoms with Crippen molar-refractivity contribution >= 4 is 5.78 Å². The molecule has 0 heterocycles. The number of methoxy groups -OCH3 is 3. The van der Waals surface area contributed by atoms with E-state index in [0.29, 0.717) is 30.9 Å². The summed E-state index contributed by atoms with van der Waals surface area (Å²) >= 11 is 0. The zero-order valence-electron chi connectivity index (χ0n) is 10.5. The van der Waals surface area contributed by atoms with Crippen LogP contribution in [0.15, 0.2) is 18.2 Å². The molecule has 1 rings (SSSR count). The molecule has 0 N–H and O–H groups in total. The second-order valence-corrected chi connectivity index (χ2v) is 3.65. The molecular weight excluding hydrogens is 220 g/mol. The first kappa shape index (κ1) is 13.5. The molecular formula is C13H18O4. The fourth-order valence-corrected chi connectivity index (χ4v) is 1.52. The molecule has 0 atom stereocenters. The summed E-state index contributed by atoms with van der Waals surface area (Å²) in [6, 6.07) is 5.49. The largest absolute Gasteiger partial charge is 0.493 e. The van der Waals surface area contributed by atoms with Gasteiger partial charge in [-0.25, -0.2) is 0 Å². The highest BCUT2D eigenvalue weighted by Gasteiger charge is 2.08. The lowest BCUT2D eigenvalue weighted by molar-refractivity contribution is -0.119. The summed E-state index contributed by atoms with van der Waals surface area (Å²) in [7, 11) is 4.75. The second kappa shape index (κ2) is 6.91. The summed E-state index contributed by atoms with van der Waals surface area (Å²) in [4.78, 5) is 11.6. The summed E-state index contributed by atoms with van der Waals surface area (Å²) in [6.07, 6.45) is 0.828. The lowest BCUT2D eigenvalue weighted by atomic mass is 10.1. The smallest absolute Gasteiger partial charge is 0.161 e. The minimum Gasteiger partial charge on any atom is -0.493 e. The van der Waals surface area contributed by atoms with Gasteiger partial charge < -0.3 is 14.2 Å². The van der Waals surface area contributed by atoms with Gasteiger partial charge in [0, 0.05) is 20.0 Å². The predicted molar refractivity (Wildman–Crippen MR) is 64.8 cm³/mol. The van der Waals surface area contributed by atoms with Gasteiger partial charge in [0.1, 0.15) is 5.78 Å². The molecule has 0 bridgehead atoms. The molecule has 0 spiro atoms. The van der Waals surface area contributed by atoms with E-state index < -0.39 is 0 Å². The average molecular weight is 238 g/mol. The van der Waals surface area contributed by atoms with E-state index in [1.54, 1.807) is 27.4 Å². The standard InChI is InChI=1S/C13H18O4/c1-15-7-6-11(14)8-10-4-5-12(16-2)13(9-10)17-3/h4-5,9H,6-8H2,1-3H3. The van der Waals surface area contributed by atoms with Crippen LogP contribution in [-0.2, 0) is 16.0 Å². The van der Waals surface area contributed by atoms with Crippen molar-refractivity contribution in [3.05, 3.63) is 23.8 Å². The van der Waals surface area contributed by atoms with Crippen molar-refractivity contribution in [3.8, 4) is 11.5 Å². The zero-order chi connectivity index (χ0) is 12.7. The summed E-state index contributed by atoms with van der Waals surface area (Å²) in [6.45, 7) is 0.464. The molecule has 1 aromatic rings. The molecule has 0 aliphatic carbocycles. The number of ketones is 1. The van der Waals surface area contributed by atoms with Crippen LogP contribution in [0, 0.1) is 0 Å². The molecule has 4 heteroatoms. The van der Waals surface area contributed by atoms with Gasteiger partial charge in [0.05, 0.1) is 20.8 Å². The third-order valence-electron chi connectivity index (χ3n) is 2.43. The Hall–Kier alpha value is -1.55. The first-order valence-electron chi connectivity index (χ1n) is 5.42. The van der Waals surface area contributed by atoms with Crippen molar-refractivity contribution in [2.24, 2.45) is 0 Å². The Balaban J connectivity index is 2.68. The fourth-order valence-electron chi connectivity index (χ4n) is 1.52. The van der Waals surface area contributed by atoms with E-state index >= 15 is 0 Å². The molecule has 94 valence electrons. The van der Waals surface area contributed by atoms with Crippen LogP contribution in [0.2, 0.25) is 0 Å². The normalized spacial score (nSPS) is 10.1. The topological polar surface area (TPSA) is 44.8 Å². The highest BCUT2D eigenvalue weighted by atomic mass is 16.5. The van der Waals surface area contributed by atoms with Crippen molar-refractivity contribution < 1.29 is 19.0 Å². The highest BCUT2D eigenvalue weighted by molar-refractivity contribution is 5.81. The van der Waals surface area contributed by atoms with Gasteiger partial charge in [-0.15, -0.1) is 0 Å². The Bertz CT molecular complexity index is 374. The summed E-state index contributed by atoms with van der Waals surface area (Å²) in [5.74, 6) is 1.46. The van der Waals surface area contributed by atoms with Crippen molar-refractivity contribution in [2.45, 2.75) is 12.8 Å². The van der Waals surface area contributed by atoms with Crippen molar-refractivity contribution in [3.63, 3.8) is 0 Å². The maximum atomic E-state index is 11.6. The number of Topliss-reactive ketones (excluding diaryl/α,β-unsaturated/α-hetero) is 1. The van der Waals surface area contributed by atoms with Gasteiger partial charge in [-0.1, -0.05) is 6.07 Å². The molecule has 0 radical (unpaired) electrons. The van der Waals surface area contributed by atoms with E-state index in [9.17, 15) is 4.79 Å². The molecule has 17 heavy (non-hydrogen) atoms. The molecule has 0 saturated carbocycles. The van der Waals surface area contributed by atoms with Crippen LogP contribution in [-0.4, -0.2) is 33.7 Å². The van der Waals surface area contributed by atoms with E-state index in [4.69, 9.17) is 14.2 Å². The molecule has 0 aliphatic rings. The SMILES string of the molecule is COCCC(=O)Cc1ccc(OC)c(OC)c1. The van der Waals surface area contributed by atoms with E-state index in [2.05, 4.69) is 0 Å². The Morgan fingerprint density at radius 3 is 2.41 bits per heavy atom. The summed E-state index contributed by atoms with van der Waals surface area (Å²) in [5, 5.41) is 0. The van der Waals surface area contributed by atoms with Crippen molar-refractivity contribution in [1.29, 1.82) is 0 Å². The number of rotatable bonds is 7. The van der Waals surface area contributed by atoms with Gasteiger partial charge in [-0.3, -0.25) is 4.79 Å². The van der Waals surface area contributed by atoms with Gasteiger partial charge in [0.25, 0.3) is 0 Å². The molecule has 0 saturated heterocycles. The van der Waals surface area contributed by atoms with Crippen LogP contribution >= 0.6 is 0 Å². The fraction of sp³-hybridized carbons (Fsp3) is 0.462. The maximum Gasteiger partial charge on any atom is 0.161 e. The molecule has 0 unspecified atom stereocenters. The quantitative estimate of drug-likeness (QED) is 0.727. The summed E-state index contributed by atoms with van der Waals surface area (Å²) in [5.41, 5.74) is 0.920. The van der Waals surface area contributed by atoms with Gasteiger partial charge in [-0.2, -0.15) is 0 Å². The average Bonchev–Trinajstić information content (AvgIpc) is 2.36. The number of hydrogen-bond acceptors (Lipinski definition) is 4. The predicted octanol–water partition coefficient (Wildman–Crippen LogP) is 1.85. The first-order valence-corrected chi connectivity index (χ1v) is 5.42. The van der Waals surface area contributed by atoms with E-state index in [0.717, 1.165) is 5.56 Å². The van der Waals surface area contributed by atoms with Gasteiger partial charge in [-0.05, 0) is 17.7 Å². The van der Waals surface area contributed by atoms with Gasteiger partial charge in [0.15, 0.2) is 11.5 Å². The molecule has 0 amide bonds. The van der Waals surface area contributed by atoms with Crippen molar-refractivity contribution in [1.82, 2.24) is 0 Å². The van der Waals surface area contributed by atoms with Crippen molar-refractivity contribution in [2.75, 3.05) is 27.9 Å². The third kappa shape index (κ3) is 4.07. The lowest BCUT2D eigenvalue weighted by Gasteiger charge is -2.09. The maximum absolute atomic E-state index is 11.6. The van der Waals surface area contributed by atoms with Crippen LogP contribution in [0.5, 0.6) is 11.5 Å². The van der Waals surface area contributed by atoms with Crippen LogP contribution in [0.3, 0.4) is 0 Å². The van der Waals surface area contributed by atoms with Crippen LogP contribution in [0.1, 0.15) is 12.0 Å². The summed E-state index contributed by atoms with van der Waals surface area (Å²) < 4.78 is 15.2. The van der Waals surface area contributed by atoms with E-state index in [1.165, 1.54) is 0 Å². The van der Waals surface area contributed by atoms with E-state index in [1.807, 2.05) is 12.1 Å². The minimum atomic E-state index is 0.152. The number of hydrogen-bond donors (Lipinski definition) is 0. The zero-order valence-corrected chi connectivity index (χ0v) is 10.5. The Morgan fingerprint density at radius 1 is 1.12 bits per heavy atom. The second-order valence-electron chi connectivity index (χ2n) is 3.65. The first-order chi connectivity index (χ1) is 8.21. The highest BCUT2D eigenvalue weighted by Crippen LogP contribution is 2.27. The Kier molecular flexibility index (Phi) is 5.49. The lowest BCUT2D eigenvalue weighted by Crippen LogP contribution is -2.06. The van der Waals surface area contributed by atoms with Crippen LogP contribution in [0.4, 0.5) is 0 Å². The number of ether oxygens (including phenoxy) is 3. The molecule has 1 aromatic carbocycles. The van der Waals surface area contributed by atoms with Crippen LogP contribution in [0.25, 0.3) is 0 Å². The van der Waals surface area contributed by atoms with E-state index in [-0.39, 0.29) is 5.78 Å². The molecule has 0 fully saturated rings. The minimum absolute atomic E-state index is 0.152. The van der Waals surface area contributed by atoms with Crippen LogP contribution < -0.4 is 9.47 Å².